The van der Waals surface area contributed by atoms with E-state index in [-0.39, 0.29) is 0 Å². The highest BCUT2D eigenvalue weighted by Gasteiger charge is 2.48. The highest BCUT2D eigenvalue weighted by Crippen LogP contribution is 2.24. The summed E-state index contributed by atoms with van der Waals surface area (Å²) in [5.41, 5.74) is 0. The van der Waals surface area contributed by atoms with Gasteiger partial charge in [-0.05, 0) is 25.0 Å². The van der Waals surface area contributed by atoms with Gasteiger partial charge < -0.3 is 0 Å². The molecule has 0 rings (SSSR count). The van der Waals surface area contributed by atoms with Crippen LogP contribution in [0.3, 0.4) is 0 Å². The summed E-state index contributed by atoms with van der Waals surface area (Å²) in [6.07, 6.45) is -2.07. The van der Waals surface area contributed by atoms with Gasteiger partial charge in [-0.2, -0.15) is 4.94 Å². The van der Waals surface area contributed by atoms with Crippen LogP contribution in [0.2, 0.25) is 0 Å². The van der Waals surface area contributed by atoms with E-state index in [0.29, 0.717) is 6.92 Å². The van der Waals surface area contributed by atoms with E-state index in [9.17, 15) is 18.1 Å². The Labute approximate surface area is 58.2 Å². The first-order chi connectivity index (χ1) is 5.16. The van der Waals surface area contributed by atoms with Crippen molar-refractivity contribution in [2.24, 2.45) is 0 Å². The van der Waals surface area contributed by atoms with E-state index >= 15 is 0 Å². The molecule has 0 amide bonds. The normalized spacial score (nSPS) is 15.0. The highest BCUT2D eigenvalue weighted by atomic mass is 19.3. The van der Waals surface area contributed by atoms with Gasteiger partial charge in [0.1, 0.15) is 0 Å². The molecule has 0 aromatic heterocycles. The first-order valence-corrected chi connectivity index (χ1v) is 2.33. The van der Waals surface area contributed by atoms with Gasteiger partial charge in [0.15, 0.2) is 6.10 Å². The Hall–Kier alpha value is -0.440. The van der Waals surface area contributed by atoms with Gasteiger partial charge in [-0.1, -0.05) is 0 Å². The van der Waals surface area contributed by atoms with E-state index in [4.69, 9.17) is 0 Å². The summed E-state index contributed by atoms with van der Waals surface area (Å²) in [5.74, 6) is -3.46. The van der Waals surface area contributed by atoms with Crippen molar-refractivity contribution in [3.63, 3.8) is 0 Å². The Morgan fingerprint density at radius 2 is 1.36 bits per heavy atom. The van der Waals surface area contributed by atoms with Gasteiger partial charge in [-0.25, -0.2) is 0 Å². The second-order valence-corrected chi connectivity index (χ2v) is 1.57. The van der Waals surface area contributed by atoms with Crippen LogP contribution in [-0.4, -0.2) is 12.1 Å². The third-order valence-corrected chi connectivity index (χ3v) is 0.954. The SMILES string of the molecule is CC(OF)C(OF)(OF)OF. The zero-order valence-corrected chi connectivity index (χ0v) is 5.22. The van der Waals surface area contributed by atoms with E-state index in [1.165, 1.54) is 0 Å². The van der Waals surface area contributed by atoms with Crippen LogP contribution in [-0.2, 0) is 19.8 Å². The van der Waals surface area contributed by atoms with E-state index in [0.717, 1.165) is 0 Å². The van der Waals surface area contributed by atoms with Crippen molar-refractivity contribution >= 4 is 0 Å². The van der Waals surface area contributed by atoms with Gasteiger partial charge in [-0.3, -0.25) is 0 Å². The van der Waals surface area contributed by atoms with Gasteiger partial charge in [0.2, 0.25) is 0 Å². The first-order valence-electron chi connectivity index (χ1n) is 2.33. The molecule has 0 aliphatic carbocycles. The van der Waals surface area contributed by atoms with Crippen LogP contribution in [0.4, 0.5) is 18.1 Å². The quantitative estimate of drug-likeness (QED) is 0.476. The van der Waals surface area contributed by atoms with Crippen molar-refractivity contribution in [2.75, 3.05) is 0 Å². The number of hydrogen-bond donors (Lipinski definition) is 0. The molecule has 11 heavy (non-hydrogen) atoms. The Bertz CT molecular complexity index is 99.2. The fourth-order valence-corrected chi connectivity index (χ4v) is 0.278. The molecular weight excluding hydrogens is 176 g/mol. The van der Waals surface area contributed by atoms with Crippen molar-refractivity contribution in [1.29, 1.82) is 0 Å². The maximum absolute atomic E-state index is 11.3. The smallest absolute Gasteiger partial charge is 0.182 e. The summed E-state index contributed by atoms with van der Waals surface area (Å²) in [5, 5.41) is 0. The van der Waals surface area contributed by atoms with E-state index in [2.05, 4.69) is 19.8 Å². The highest BCUT2D eigenvalue weighted by molar-refractivity contribution is 4.60. The topological polar surface area (TPSA) is 36.9 Å². The number of rotatable bonds is 5. The summed E-state index contributed by atoms with van der Waals surface area (Å²) in [6.45, 7) is 0.707. The van der Waals surface area contributed by atoms with Crippen LogP contribution in [0.5, 0.6) is 0 Å². The molecule has 0 spiro atoms. The maximum Gasteiger partial charge on any atom is 0.409 e. The number of hydrogen-bond acceptors (Lipinski definition) is 4. The molecule has 1 atom stereocenters. The largest absolute Gasteiger partial charge is 0.409 e. The average Bonchev–Trinajstić information content (AvgIpc) is 2.08. The monoisotopic (exact) mass is 180 g/mol. The molecule has 0 aliphatic rings. The number of halogens is 4. The van der Waals surface area contributed by atoms with Gasteiger partial charge in [0, 0.05) is 0 Å². The lowest BCUT2D eigenvalue weighted by atomic mass is 10.3. The van der Waals surface area contributed by atoms with Crippen molar-refractivity contribution < 1.29 is 37.9 Å². The minimum absolute atomic E-state index is 0.707. The summed E-state index contributed by atoms with van der Waals surface area (Å²) in [4.78, 5) is 10.4. The second kappa shape index (κ2) is 4.44. The zero-order chi connectivity index (χ0) is 8.91. The molecule has 0 heterocycles. The van der Waals surface area contributed by atoms with Crippen LogP contribution in [0.25, 0.3) is 0 Å². The van der Waals surface area contributed by atoms with Gasteiger partial charge in [0.05, 0.1) is 0 Å². The van der Waals surface area contributed by atoms with Crippen LogP contribution >= 0.6 is 0 Å². The molecule has 0 aliphatic heterocycles. The lowest BCUT2D eigenvalue weighted by Crippen LogP contribution is -2.43. The average molecular weight is 180 g/mol. The lowest BCUT2D eigenvalue weighted by molar-refractivity contribution is -0.574. The van der Waals surface area contributed by atoms with Crippen LogP contribution in [0.15, 0.2) is 0 Å². The molecule has 8 heteroatoms. The van der Waals surface area contributed by atoms with Crippen LogP contribution in [0.1, 0.15) is 6.92 Å². The predicted molar refractivity (Wildman–Crippen MR) is 21.0 cm³/mol. The third-order valence-electron chi connectivity index (χ3n) is 0.954. The molecule has 1 unspecified atom stereocenters. The summed E-state index contributed by atoms with van der Waals surface area (Å²) >= 11 is 0. The minimum Gasteiger partial charge on any atom is -0.182 e. The van der Waals surface area contributed by atoms with Gasteiger partial charge >= 0.3 is 5.97 Å². The fraction of sp³-hybridized carbons (Fsp3) is 1.00. The van der Waals surface area contributed by atoms with Crippen LogP contribution in [0, 0.1) is 0 Å². The van der Waals surface area contributed by atoms with Crippen molar-refractivity contribution in [1.82, 2.24) is 0 Å². The molecule has 0 bridgehead atoms. The van der Waals surface area contributed by atoms with E-state index < -0.39 is 12.1 Å². The zero-order valence-electron chi connectivity index (χ0n) is 5.22. The van der Waals surface area contributed by atoms with Gasteiger partial charge in [0.25, 0.3) is 0 Å². The minimum atomic E-state index is -3.46. The summed E-state index contributed by atoms with van der Waals surface area (Å²) in [6, 6.07) is 0. The molecule has 0 saturated carbocycles. The Balaban J connectivity index is 4.26. The maximum atomic E-state index is 11.3. The van der Waals surface area contributed by atoms with E-state index in [1.807, 2.05) is 0 Å². The Kier molecular flexibility index (Phi) is 4.26. The summed E-state index contributed by atoms with van der Waals surface area (Å²) in [7, 11) is 0. The predicted octanol–water partition coefficient (Wildman–Crippen LogP) is 1.63. The molecule has 0 aromatic carbocycles. The first kappa shape index (κ1) is 10.6. The standard InChI is InChI=1S/C3H4F4O4/c1-2(8-4)3(9-5,10-6)11-7/h2H,1H3. The van der Waals surface area contributed by atoms with Gasteiger partial charge in [-0.15, -0.1) is 14.8 Å². The lowest BCUT2D eigenvalue weighted by Gasteiger charge is -2.21. The van der Waals surface area contributed by atoms with Crippen molar-refractivity contribution in [2.45, 2.75) is 19.0 Å². The van der Waals surface area contributed by atoms with Crippen molar-refractivity contribution in [3.05, 3.63) is 0 Å². The molecule has 0 N–H and O–H groups in total. The Morgan fingerprint density at radius 3 is 1.45 bits per heavy atom. The molecule has 0 aromatic rings. The molecule has 4 nitrogen and oxygen atoms in total. The summed E-state index contributed by atoms with van der Waals surface area (Å²) < 4.78 is 45.0. The third kappa shape index (κ3) is 1.99. The molecule has 68 valence electrons. The second-order valence-electron chi connectivity index (χ2n) is 1.57. The Morgan fingerprint density at radius 1 is 1.00 bits per heavy atom. The molecule has 0 fully saturated rings. The van der Waals surface area contributed by atoms with E-state index in [1.54, 1.807) is 0 Å². The fourth-order valence-electron chi connectivity index (χ4n) is 0.278. The molecule has 0 radical (unpaired) electrons. The van der Waals surface area contributed by atoms with Crippen LogP contribution < -0.4 is 0 Å². The molecular formula is C3H4F4O4. The van der Waals surface area contributed by atoms with Crippen molar-refractivity contribution in [3.8, 4) is 0 Å². The molecule has 0 saturated heterocycles.